The molecule has 1 aromatic carbocycles. The molecule has 0 bridgehead atoms. The molecule has 0 aliphatic rings. The largest absolute Gasteiger partial charge is 0.746 e. The Bertz CT molecular complexity index is 523. The third-order valence-electron chi connectivity index (χ3n) is 1.56. The first-order chi connectivity index (χ1) is 7.70. The van der Waals surface area contributed by atoms with E-state index in [-0.39, 0.29) is 0 Å². The first-order valence-corrected chi connectivity index (χ1v) is 5.36. The molecule has 0 aliphatic heterocycles. The average molecular weight is 263 g/mol. The molecule has 17 heavy (non-hydrogen) atoms. The Morgan fingerprint density at radius 2 is 1.82 bits per heavy atom. The molecule has 92 valence electrons. The van der Waals surface area contributed by atoms with Gasteiger partial charge in [0, 0.05) is 6.07 Å². The molecule has 10 nitrogen and oxygen atoms in total. The fourth-order valence-corrected chi connectivity index (χ4v) is 1.37. The molecule has 0 saturated heterocycles. The maximum Gasteiger partial charge on any atom is 0.318 e. The van der Waals surface area contributed by atoms with Gasteiger partial charge in [-0.25, -0.2) is 0 Å². The summed E-state index contributed by atoms with van der Waals surface area (Å²) in [5.41, 5.74) is -1.55. The van der Waals surface area contributed by atoms with Crippen LogP contribution >= 0.6 is 7.82 Å². The number of nitrogens with zero attached hydrogens (tertiary/aromatic N) is 2. The second-order valence-corrected chi connectivity index (χ2v) is 3.85. The van der Waals surface area contributed by atoms with Gasteiger partial charge in [0.25, 0.3) is 5.69 Å². The number of nitro benzene ring substituents is 2. The van der Waals surface area contributed by atoms with Crippen molar-refractivity contribution in [3.8, 4) is 5.75 Å². The lowest BCUT2D eigenvalue weighted by atomic mass is 10.2. The van der Waals surface area contributed by atoms with Crippen molar-refractivity contribution in [2.45, 2.75) is 0 Å². The van der Waals surface area contributed by atoms with E-state index >= 15 is 0 Å². The topological polar surface area (TPSA) is 156 Å². The molecule has 0 amide bonds. The minimum absolute atomic E-state index is 0.519. The zero-order chi connectivity index (χ0) is 13.2. The summed E-state index contributed by atoms with van der Waals surface area (Å²) in [5, 5.41) is 20.9. The van der Waals surface area contributed by atoms with Crippen LogP contribution in [0.25, 0.3) is 0 Å². The number of phosphoric ester groups is 1. The molecule has 1 N–H and O–H groups in total. The average Bonchev–Trinajstić information content (AvgIpc) is 2.14. The monoisotopic (exact) mass is 263 g/mol. The van der Waals surface area contributed by atoms with Crippen molar-refractivity contribution in [2.75, 3.05) is 0 Å². The molecular weight excluding hydrogens is 259 g/mol. The lowest BCUT2D eigenvalue weighted by molar-refractivity contribution is -0.394. The fourth-order valence-electron chi connectivity index (χ4n) is 0.963. The zero-order valence-electron chi connectivity index (χ0n) is 7.88. The number of non-ortho nitro benzene ring substituents is 1. The number of hydrogen-bond acceptors (Lipinski definition) is 7. The van der Waals surface area contributed by atoms with Crippen LogP contribution < -0.4 is 9.42 Å². The Hall–Kier alpha value is -2.03. The summed E-state index contributed by atoms with van der Waals surface area (Å²) in [4.78, 5) is 37.7. The lowest BCUT2D eigenvalue weighted by Gasteiger charge is -2.16. The summed E-state index contributed by atoms with van der Waals surface area (Å²) in [6, 6.07) is 2.03. The third kappa shape index (κ3) is 3.48. The molecule has 0 heterocycles. The highest BCUT2D eigenvalue weighted by atomic mass is 31.2. The van der Waals surface area contributed by atoms with Crippen LogP contribution in [0.3, 0.4) is 0 Å². The molecule has 1 aromatic rings. The first-order valence-electron chi connectivity index (χ1n) is 3.87. The predicted octanol–water partition coefficient (Wildman–Crippen LogP) is 0.342. The highest BCUT2D eigenvalue weighted by Crippen LogP contribution is 2.40. The van der Waals surface area contributed by atoms with Crippen molar-refractivity contribution in [1.82, 2.24) is 0 Å². The van der Waals surface area contributed by atoms with Crippen molar-refractivity contribution < 1.29 is 28.7 Å². The first kappa shape index (κ1) is 13.0. The lowest BCUT2D eigenvalue weighted by Crippen LogP contribution is -2.07. The van der Waals surface area contributed by atoms with Crippen molar-refractivity contribution in [3.05, 3.63) is 38.4 Å². The highest BCUT2D eigenvalue weighted by Gasteiger charge is 2.22. The van der Waals surface area contributed by atoms with Crippen molar-refractivity contribution in [1.29, 1.82) is 0 Å². The standard InChI is InChI=1S/C6H5N2O8P/c9-7(10)4-1-2-6(16-17(13,14)15)5(3-4)8(11)12/h1-3H,(H2,13,14,15)/p-1. The van der Waals surface area contributed by atoms with Crippen LogP contribution in [0.15, 0.2) is 18.2 Å². The SMILES string of the molecule is O=[N+]([O-])c1ccc(OP(=O)([O-])O)c([N+](=O)[O-])c1. The Labute approximate surface area is 93.0 Å². The number of hydrogen-bond donors (Lipinski definition) is 1. The van der Waals surface area contributed by atoms with Crippen molar-refractivity contribution >= 4 is 19.2 Å². The fraction of sp³-hybridized carbons (Fsp3) is 0. The van der Waals surface area contributed by atoms with Gasteiger partial charge in [0.15, 0.2) is 0 Å². The second kappa shape index (κ2) is 4.45. The molecule has 0 aliphatic carbocycles. The van der Waals surface area contributed by atoms with E-state index in [0.717, 1.165) is 6.07 Å². The number of rotatable bonds is 4. The van der Waals surface area contributed by atoms with Crippen LogP contribution in [-0.4, -0.2) is 14.7 Å². The van der Waals surface area contributed by atoms with Gasteiger partial charge in [-0.15, -0.1) is 0 Å². The Balaban J connectivity index is 3.27. The predicted molar refractivity (Wildman–Crippen MR) is 50.2 cm³/mol. The van der Waals surface area contributed by atoms with E-state index in [1.165, 1.54) is 0 Å². The van der Waals surface area contributed by atoms with Crippen LogP contribution in [0.2, 0.25) is 0 Å². The molecule has 0 spiro atoms. The molecule has 1 atom stereocenters. The van der Waals surface area contributed by atoms with Gasteiger partial charge in [-0.2, -0.15) is 0 Å². The smallest absolute Gasteiger partial charge is 0.318 e. The summed E-state index contributed by atoms with van der Waals surface area (Å²) in [7, 11) is -5.22. The highest BCUT2D eigenvalue weighted by molar-refractivity contribution is 7.45. The maximum absolute atomic E-state index is 10.5. The van der Waals surface area contributed by atoms with E-state index in [0.29, 0.717) is 12.1 Å². The van der Waals surface area contributed by atoms with E-state index in [4.69, 9.17) is 4.89 Å². The van der Waals surface area contributed by atoms with Crippen LogP contribution in [-0.2, 0) is 4.57 Å². The maximum atomic E-state index is 10.5. The van der Waals surface area contributed by atoms with Gasteiger partial charge >= 0.3 is 13.5 Å². The van der Waals surface area contributed by atoms with E-state index < -0.39 is 34.8 Å². The van der Waals surface area contributed by atoms with Gasteiger partial charge in [-0.3, -0.25) is 24.8 Å². The quantitative estimate of drug-likeness (QED) is 0.462. The van der Waals surface area contributed by atoms with E-state index in [1.807, 2.05) is 0 Å². The van der Waals surface area contributed by atoms with Gasteiger partial charge in [-0.1, -0.05) is 0 Å². The summed E-state index contributed by atoms with van der Waals surface area (Å²) in [6.07, 6.45) is 0. The number of phosphoric acid groups is 1. The number of benzene rings is 1. The third-order valence-corrected chi connectivity index (χ3v) is 1.99. The normalized spacial score (nSPS) is 13.8. The minimum atomic E-state index is -5.22. The molecular formula is C6H4N2O8P-. The van der Waals surface area contributed by atoms with E-state index in [1.54, 1.807) is 0 Å². The Morgan fingerprint density at radius 1 is 1.24 bits per heavy atom. The van der Waals surface area contributed by atoms with Gasteiger partial charge < -0.3 is 14.3 Å². The van der Waals surface area contributed by atoms with Crippen LogP contribution in [0.5, 0.6) is 5.75 Å². The summed E-state index contributed by atoms with van der Waals surface area (Å²) in [6.45, 7) is 0. The molecule has 0 fully saturated rings. The summed E-state index contributed by atoms with van der Waals surface area (Å²) < 4.78 is 14.3. The van der Waals surface area contributed by atoms with Gasteiger partial charge in [0.1, 0.15) is 0 Å². The van der Waals surface area contributed by atoms with E-state index in [9.17, 15) is 29.7 Å². The molecule has 0 aromatic heterocycles. The van der Waals surface area contributed by atoms with Gasteiger partial charge in [0.05, 0.1) is 15.9 Å². The van der Waals surface area contributed by atoms with Crippen LogP contribution in [0, 0.1) is 20.2 Å². The zero-order valence-corrected chi connectivity index (χ0v) is 8.77. The molecule has 11 heteroatoms. The molecule has 1 unspecified atom stereocenters. The minimum Gasteiger partial charge on any atom is -0.746 e. The number of nitro groups is 2. The van der Waals surface area contributed by atoms with Gasteiger partial charge in [0.2, 0.25) is 5.75 Å². The van der Waals surface area contributed by atoms with E-state index in [2.05, 4.69) is 4.52 Å². The molecule has 1 rings (SSSR count). The van der Waals surface area contributed by atoms with Crippen LogP contribution in [0.4, 0.5) is 11.4 Å². The van der Waals surface area contributed by atoms with Crippen molar-refractivity contribution in [2.24, 2.45) is 0 Å². The second-order valence-electron chi connectivity index (χ2n) is 2.73. The van der Waals surface area contributed by atoms with Crippen LogP contribution in [0.1, 0.15) is 0 Å². The summed E-state index contributed by atoms with van der Waals surface area (Å²) in [5.74, 6) is -0.804. The Morgan fingerprint density at radius 3 is 2.24 bits per heavy atom. The molecule has 0 radical (unpaired) electrons. The molecule has 0 saturated carbocycles. The van der Waals surface area contributed by atoms with Crippen molar-refractivity contribution in [3.63, 3.8) is 0 Å². The Kier molecular flexibility index (Phi) is 3.42. The summed E-state index contributed by atoms with van der Waals surface area (Å²) >= 11 is 0. The van der Waals surface area contributed by atoms with Gasteiger partial charge in [-0.05, 0) is 6.07 Å².